The third-order valence-corrected chi connectivity index (χ3v) is 4.74. The number of amides is 1. The summed E-state index contributed by atoms with van der Waals surface area (Å²) >= 11 is 0. The average molecular weight is 374 g/mol. The van der Waals surface area contributed by atoms with Crippen LogP contribution in [-0.4, -0.2) is 21.9 Å². The Morgan fingerprint density at radius 1 is 0.929 bits per heavy atom. The molecule has 3 aromatic carbocycles. The summed E-state index contributed by atoms with van der Waals surface area (Å²) in [5.41, 5.74) is 4.30. The summed E-state index contributed by atoms with van der Waals surface area (Å²) in [6.45, 7) is 0. The van der Waals surface area contributed by atoms with Crippen molar-refractivity contribution in [2.24, 2.45) is 0 Å². The fraction of sp³-hybridized carbons (Fsp3) is 0.0476. The van der Waals surface area contributed by atoms with Crippen LogP contribution in [0.2, 0.25) is 0 Å². The van der Waals surface area contributed by atoms with Gasteiger partial charge in [-0.05, 0) is 59.0 Å². The van der Waals surface area contributed by atoms with E-state index in [2.05, 4.69) is 5.32 Å². The first-order valence-corrected chi connectivity index (χ1v) is 8.48. The molecule has 0 aromatic heterocycles. The second-order valence-corrected chi connectivity index (χ2v) is 6.45. The summed E-state index contributed by atoms with van der Waals surface area (Å²) in [5, 5.41) is 22.9. The lowest BCUT2D eigenvalue weighted by Gasteiger charge is -2.09. The molecule has 0 aliphatic heterocycles. The highest BCUT2D eigenvalue weighted by Crippen LogP contribution is 2.39. The highest BCUT2D eigenvalue weighted by molar-refractivity contribution is 6.10. The number of rotatable bonds is 4. The molecule has 7 nitrogen and oxygen atoms in total. The van der Waals surface area contributed by atoms with Crippen molar-refractivity contribution in [2.75, 3.05) is 5.32 Å². The van der Waals surface area contributed by atoms with E-state index in [0.717, 1.165) is 22.3 Å². The van der Waals surface area contributed by atoms with Gasteiger partial charge in [-0.3, -0.25) is 14.9 Å². The summed E-state index contributed by atoms with van der Waals surface area (Å²) in [6, 6.07) is 16.2. The van der Waals surface area contributed by atoms with E-state index < -0.39 is 16.8 Å². The molecular formula is C21H14N2O5. The zero-order valence-corrected chi connectivity index (χ0v) is 14.5. The molecule has 4 rings (SSSR count). The fourth-order valence-electron chi connectivity index (χ4n) is 3.45. The van der Waals surface area contributed by atoms with Gasteiger partial charge in [0.05, 0.1) is 16.1 Å². The number of hydrogen-bond acceptors (Lipinski definition) is 4. The number of anilines is 1. The normalized spacial score (nSPS) is 11.4. The average Bonchev–Trinajstić information content (AvgIpc) is 3.04. The molecule has 0 spiro atoms. The Labute approximate surface area is 159 Å². The molecule has 0 atom stereocenters. The summed E-state index contributed by atoms with van der Waals surface area (Å²) in [7, 11) is 0. The molecule has 0 unspecified atom stereocenters. The van der Waals surface area contributed by atoms with E-state index in [0.29, 0.717) is 12.1 Å². The number of nitrogens with one attached hydrogen (secondary N) is 1. The Kier molecular flexibility index (Phi) is 4.12. The molecule has 2 N–H and O–H groups in total. The molecule has 0 fully saturated rings. The largest absolute Gasteiger partial charge is 0.478 e. The molecule has 3 aromatic rings. The smallest absolute Gasteiger partial charge is 0.336 e. The van der Waals surface area contributed by atoms with Gasteiger partial charge in [0.2, 0.25) is 0 Å². The van der Waals surface area contributed by atoms with Crippen LogP contribution < -0.4 is 5.32 Å². The van der Waals surface area contributed by atoms with E-state index >= 15 is 0 Å². The molecule has 0 radical (unpaired) electrons. The number of aromatic carboxylic acids is 1. The molecule has 138 valence electrons. The maximum atomic E-state index is 12.5. The monoisotopic (exact) mass is 374 g/mol. The molecular weight excluding hydrogens is 360 g/mol. The van der Waals surface area contributed by atoms with Crippen LogP contribution in [0.4, 0.5) is 11.4 Å². The molecule has 0 heterocycles. The Morgan fingerprint density at radius 2 is 1.57 bits per heavy atom. The zero-order valence-electron chi connectivity index (χ0n) is 14.5. The number of carbonyl (C=O) groups excluding carboxylic acids is 1. The van der Waals surface area contributed by atoms with Gasteiger partial charge in [0.15, 0.2) is 0 Å². The Balaban J connectivity index is 1.61. The first-order valence-electron chi connectivity index (χ1n) is 8.48. The van der Waals surface area contributed by atoms with E-state index in [1.54, 1.807) is 30.3 Å². The van der Waals surface area contributed by atoms with Crippen molar-refractivity contribution >= 4 is 23.3 Å². The van der Waals surface area contributed by atoms with Crippen molar-refractivity contribution in [3.05, 3.63) is 93.0 Å². The van der Waals surface area contributed by atoms with E-state index in [1.165, 1.54) is 18.2 Å². The zero-order chi connectivity index (χ0) is 19.8. The van der Waals surface area contributed by atoms with E-state index in [-0.39, 0.29) is 16.8 Å². The van der Waals surface area contributed by atoms with Crippen LogP contribution >= 0.6 is 0 Å². The first kappa shape index (κ1) is 17.4. The summed E-state index contributed by atoms with van der Waals surface area (Å²) in [4.78, 5) is 34.4. The minimum absolute atomic E-state index is 0.0466. The van der Waals surface area contributed by atoms with Crippen molar-refractivity contribution in [3.63, 3.8) is 0 Å². The number of nitro groups is 1. The van der Waals surface area contributed by atoms with Crippen LogP contribution in [0.5, 0.6) is 0 Å². The van der Waals surface area contributed by atoms with Gasteiger partial charge in [-0.25, -0.2) is 4.79 Å². The van der Waals surface area contributed by atoms with Crippen LogP contribution in [0.25, 0.3) is 11.1 Å². The van der Waals surface area contributed by atoms with Gasteiger partial charge in [0.25, 0.3) is 11.6 Å². The third kappa shape index (κ3) is 2.99. The number of carbonyl (C=O) groups is 2. The van der Waals surface area contributed by atoms with Crippen molar-refractivity contribution < 1.29 is 19.6 Å². The number of fused-ring (bicyclic) bond motifs is 3. The number of hydrogen-bond donors (Lipinski definition) is 2. The lowest BCUT2D eigenvalue weighted by molar-refractivity contribution is -0.384. The van der Waals surface area contributed by atoms with Crippen molar-refractivity contribution in [2.45, 2.75) is 6.42 Å². The SMILES string of the molecule is O=C(O)c1ccccc1C(=O)Nc1ccc2c(c1)Cc1cc([N+](=O)[O-])ccc1-2. The van der Waals surface area contributed by atoms with Gasteiger partial charge in [-0.1, -0.05) is 18.2 Å². The highest BCUT2D eigenvalue weighted by Gasteiger charge is 2.22. The van der Waals surface area contributed by atoms with Crippen LogP contribution in [0, 0.1) is 10.1 Å². The van der Waals surface area contributed by atoms with Gasteiger partial charge >= 0.3 is 5.97 Å². The van der Waals surface area contributed by atoms with Gasteiger partial charge in [0.1, 0.15) is 0 Å². The molecule has 0 saturated carbocycles. The van der Waals surface area contributed by atoms with Crippen LogP contribution in [-0.2, 0) is 6.42 Å². The maximum Gasteiger partial charge on any atom is 0.336 e. The minimum atomic E-state index is -1.17. The second-order valence-electron chi connectivity index (χ2n) is 6.45. The highest BCUT2D eigenvalue weighted by atomic mass is 16.6. The van der Waals surface area contributed by atoms with Crippen molar-refractivity contribution in [1.82, 2.24) is 0 Å². The number of nitro benzene ring substituents is 1. The van der Waals surface area contributed by atoms with Crippen molar-refractivity contribution in [1.29, 1.82) is 0 Å². The molecule has 28 heavy (non-hydrogen) atoms. The quantitative estimate of drug-likeness (QED) is 0.412. The van der Waals surface area contributed by atoms with Gasteiger partial charge in [-0.15, -0.1) is 0 Å². The Hall–Kier alpha value is -4.00. The predicted molar refractivity (Wildman–Crippen MR) is 103 cm³/mol. The van der Waals surface area contributed by atoms with E-state index in [4.69, 9.17) is 0 Å². The Morgan fingerprint density at radius 3 is 2.25 bits per heavy atom. The molecule has 1 aliphatic rings. The van der Waals surface area contributed by atoms with Crippen molar-refractivity contribution in [3.8, 4) is 11.1 Å². The third-order valence-electron chi connectivity index (χ3n) is 4.74. The second kappa shape index (κ2) is 6.62. The first-order chi connectivity index (χ1) is 13.4. The lowest BCUT2D eigenvalue weighted by atomic mass is 10.0. The van der Waals surface area contributed by atoms with E-state index in [9.17, 15) is 24.8 Å². The number of carboxylic acid groups (broad SMARTS) is 1. The summed E-state index contributed by atoms with van der Waals surface area (Å²) in [6.07, 6.45) is 0.530. The van der Waals surface area contributed by atoms with Crippen LogP contribution in [0.1, 0.15) is 31.8 Å². The van der Waals surface area contributed by atoms with Gasteiger partial charge in [-0.2, -0.15) is 0 Å². The molecule has 1 amide bonds. The Bertz CT molecular complexity index is 1150. The van der Waals surface area contributed by atoms with Gasteiger partial charge < -0.3 is 10.4 Å². The van der Waals surface area contributed by atoms with Crippen LogP contribution in [0.15, 0.2) is 60.7 Å². The predicted octanol–water partition coefficient (Wildman–Crippen LogP) is 4.12. The van der Waals surface area contributed by atoms with E-state index in [1.807, 2.05) is 12.1 Å². The number of benzene rings is 3. The standard InChI is InChI=1S/C21H14N2O5/c24-20(18-3-1-2-4-19(18)21(25)26)22-14-5-7-16-12(10-14)9-13-11-15(23(27)28)6-8-17(13)16/h1-8,10-11H,9H2,(H,22,24)(H,25,26). The number of nitrogens with zero attached hydrogens (tertiary/aromatic N) is 1. The topological polar surface area (TPSA) is 110 Å². The lowest BCUT2D eigenvalue weighted by Crippen LogP contribution is -2.16. The number of non-ortho nitro benzene ring substituents is 1. The summed E-state index contributed by atoms with van der Waals surface area (Å²) in [5.74, 6) is -1.68. The molecule has 0 saturated heterocycles. The molecule has 7 heteroatoms. The maximum absolute atomic E-state index is 12.5. The van der Waals surface area contributed by atoms with Crippen LogP contribution in [0.3, 0.4) is 0 Å². The minimum Gasteiger partial charge on any atom is -0.478 e. The summed E-state index contributed by atoms with van der Waals surface area (Å²) < 4.78 is 0. The number of carboxylic acids is 1. The van der Waals surface area contributed by atoms with Gasteiger partial charge in [0, 0.05) is 17.8 Å². The molecule has 1 aliphatic carbocycles. The fourth-order valence-corrected chi connectivity index (χ4v) is 3.45. The molecule has 0 bridgehead atoms.